The van der Waals surface area contributed by atoms with Crippen LogP contribution in [-0.2, 0) is 0 Å². The second kappa shape index (κ2) is 10.1. The molecule has 0 fully saturated rings. The molecule has 0 saturated heterocycles. The minimum Gasteiger partial charge on any atom is -0.378 e. The number of carbonyl (C=O) groups is 2. The molecule has 0 radical (unpaired) electrons. The summed E-state index contributed by atoms with van der Waals surface area (Å²) in [6.45, 7) is 0. The summed E-state index contributed by atoms with van der Waals surface area (Å²) >= 11 is 12.1. The van der Waals surface area contributed by atoms with Gasteiger partial charge in [0.25, 0.3) is 11.8 Å². The van der Waals surface area contributed by atoms with Crippen molar-refractivity contribution in [1.82, 2.24) is 5.43 Å². The van der Waals surface area contributed by atoms with Gasteiger partial charge >= 0.3 is 0 Å². The molecule has 31 heavy (non-hydrogen) atoms. The highest BCUT2D eigenvalue weighted by molar-refractivity contribution is 6.33. The van der Waals surface area contributed by atoms with Gasteiger partial charge in [0.05, 0.1) is 22.5 Å². The number of rotatable bonds is 6. The average Bonchev–Trinajstić information content (AvgIpc) is 2.75. The summed E-state index contributed by atoms with van der Waals surface area (Å²) in [7, 11) is 3.84. The zero-order chi connectivity index (χ0) is 22.4. The van der Waals surface area contributed by atoms with Crippen LogP contribution in [0.3, 0.4) is 0 Å². The smallest absolute Gasteiger partial charge is 0.273 e. The van der Waals surface area contributed by atoms with E-state index in [1.807, 2.05) is 37.2 Å². The lowest BCUT2D eigenvalue weighted by Gasteiger charge is -2.13. The van der Waals surface area contributed by atoms with E-state index < -0.39 is 5.91 Å². The van der Waals surface area contributed by atoms with Crippen molar-refractivity contribution >= 4 is 52.6 Å². The molecule has 3 aromatic rings. The van der Waals surface area contributed by atoms with E-state index in [1.54, 1.807) is 48.5 Å². The third kappa shape index (κ3) is 5.84. The van der Waals surface area contributed by atoms with Gasteiger partial charge in [0.1, 0.15) is 0 Å². The third-order valence-corrected chi connectivity index (χ3v) is 4.98. The number of hydrazone groups is 1. The zero-order valence-corrected chi connectivity index (χ0v) is 18.4. The molecule has 0 unspecified atom stereocenters. The number of hydrogen-bond donors (Lipinski definition) is 2. The van der Waals surface area contributed by atoms with Crippen molar-refractivity contribution in [2.24, 2.45) is 5.10 Å². The largest absolute Gasteiger partial charge is 0.378 e. The lowest BCUT2D eigenvalue weighted by atomic mass is 10.1. The van der Waals surface area contributed by atoms with Crippen molar-refractivity contribution in [3.8, 4) is 0 Å². The van der Waals surface area contributed by atoms with Crippen LogP contribution < -0.4 is 15.6 Å². The van der Waals surface area contributed by atoms with Crippen LogP contribution in [0.2, 0.25) is 10.0 Å². The number of carbonyl (C=O) groups excluding carboxylic acids is 2. The van der Waals surface area contributed by atoms with Crippen LogP contribution in [0.15, 0.2) is 71.8 Å². The second-order valence-electron chi connectivity index (χ2n) is 6.81. The van der Waals surface area contributed by atoms with Gasteiger partial charge in [-0.2, -0.15) is 5.10 Å². The molecule has 2 N–H and O–H groups in total. The highest BCUT2D eigenvalue weighted by Gasteiger charge is 2.14. The Bertz CT molecular complexity index is 1130. The van der Waals surface area contributed by atoms with Crippen LogP contribution in [0.25, 0.3) is 0 Å². The number of amides is 2. The van der Waals surface area contributed by atoms with Crippen molar-refractivity contribution < 1.29 is 9.59 Å². The van der Waals surface area contributed by atoms with Gasteiger partial charge in [0.2, 0.25) is 0 Å². The van der Waals surface area contributed by atoms with Crippen molar-refractivity contribution in [3.05, 3.63) is 93.5 Å². The number of nitrogens with zero attached hydrogens (tertiary/aromatic N) is 2. The molecule has 0 spiro atoms. The van der Waals surface area contributed by atoms with E-state index in [0.29, 0.717) is 26.9 Å². The predicted octanol–water partition coefficient (Wildman–Crippen LogP) is 5.08. The summed E-state index contributed by atoms with van der Waals surface area (Å²) in [4.78, 5) is 27.0. The number of nitrogens with one attached hydrogen (secondary N) is 2. The number of benzene rings is 3. The van der Waals surface area contributed by atoms with E-state index in [1.165, 1.54) is 6.21 Å². The molecule has 0 saturated carbocycles. The molecular formula is C23H20Cl2N4O2. The normalized spacial score (nSPS) is 10.7. The van der Waals surface area contributed by atoms with Crippen LogP contribution in [0.1, 0.15) is 26.3 Å². The standard InChI is InChI=1S/C23H20Cl2N4O2/c1-29(2)18-12-9-16(20(25)13-18)14-26-28-23(31)19-5-3-4-6-21(19)27-22(30)15-7-10-17(24)11-8-15/h3-14H,1-2H3,(H,27,30)(H,28,31)/b26-14-. The molecule has 3 aromatic carbocycles. The lowest BCUT2D eigenvalue weighted by molar-refractivity contribution is 0.0956. The molecule has 6 nitrogen and oxygen atoms in total. The van der Waals surface area contributed by atoms with Crippen molar-refractivity contribution in [2.75, 3.05) is 24.3 Å². The highest BCUT2D eigenvalue weighted by atomic mass is 35.5. The molecule has 0 atom stereocenters. The molecule has 0 heterocycles. The van der Waals surface area contributed by atoms with Gasteiger partial charge in [-0.15, -0.1) is 0 Å². The number of hydrogen-bond acceptors (Lipinski definition) is 4. The first-order chi connectivity index (χ1) is 14.8. The van der Waals surface area contributed by atoms with Crippen molar-refractivity contribution in [3.63, 3.8) is 0 Å². The molecule has 0 aliphatic carbocycles. The van der Waals surface area contributed by atoms with Gasteiger partial charge in [0, 0.05) is 35.9 Å². The fourth-order valence-electron chi connectivity index (χ4n) is 2.71. The number of anilines is 2. The van der Waals surface area contributed by atoms with Crippen LogP contribution >= 0.6 is 23.2 Å². The first kappa shape index (κ1) is 22.3. The quantitative estimate of drug-likeness (QED) is 0.403. The molecule has 0 bridgehead atoms. The van der Waals surface area contributed by atoms with Gasteiger partial charge in [-0.25, -0.2) is 5.43 Å². The minimum atomic E-state index is -0.468. The Labute approximate surface area is 190 Å². The molecule has 0 aliphatic heterocycles. The van der Waals surface area contributed by atoms with Gasteiger partial charge in [-0.1, -0.05) is 35.3 Å². The van der Waals surface area contributed by atoms with Crippen molar-refractivity contribution in [2.45, 2.75) is 0 Å². The third-order valence-electron chi connectivity index (χ3n) is 4.40. The molecular weight excluding hydrogens is 435 g/mol. The fourth-order valence-corrected chi connectivity index (χ4v) is 3.06. The Morgan fingerprint density at radius 2 is 1.65 bits per heavy atom. The lowest BCUT2D eigenvalue weighted by Crippen LogP contribution is -2.21. The second-order valence-corrected chi connectivity index (χ2v) is 7.65. The van der Waals surface area contributed by atoms with Gasteiger partial charge in [-0.05, 0) is 54.6 Å². The van der Waals surface area contributed by atoms with Crippen LogP contribution in [0, 0.1) is 0 Å². The van der Waals surface area contributed by atoms with E-state index in [2.05, 4.69) is 15.8 Å². The Balaban J connectivity index is 1.70. The zero-order valence-electron chi connectivity index (χ0n) is 16.9. The molecule has 0 aliphatic rings. The van der Waals surface area contributed by atoms with E-state index in [-0.39, 0.29) is 11.5 Å². The summed E-state index contributed by atoms with van der Waals surface area (Å²) in [5, 5.41) is 7.78. The summed E-state index contributed by atoms with van der Waals surface area (Å²) in [5.41, 5.74) is 5.15. The van der Waals surface area contributed by atoms with Crippen molar-refractivity contribution in [1.29, 1.82) is 0 Å². The summed E-state index contributed by atoms with van der Waals surface area (Å²) < 4.78 is 0. The number of para-hydroxylation sites is 1. The maximum absolute atomic E-state index is 12.6. The van der Waals surface area contributed by atoms with E-state index >= 15 is 0 Å². The molecule has 158 valence electrons. The summed E-state index contributed by atoms with van der Waals surface area (Å²) in [5.74, 6) is -0.822. The maximum atomic E-state index is 12.6. The Kier molecular flexibility index (Phi) is 7.28. The topological polar surface area (TPSA) is 73.8 Å². The van der Waals surface area contributed by atoms with Gasteiger partial charge < -0.3 is 10.2 Å². The Morgan fingerprint density at radius 3 is 2.32 bits per heavy atom. The van der Waals surface area contributed by atoms with Gasteiger partial charge in [0.15, 0.2) is 0 Å². The number of halogens is 2. The van der Waals surface area contributed by atoms with Crippen LogP contribution in [-0.4, -0.2) is 32.1 Å². The molecule has 8 heteroatoms. The predicted molar refractivity (Wildman–Crippen MR) is 127 cm³/mol. The van der Waals surface area contributed by atoms with Crippen LogP contribution in [0.4, 0.5) is 11.4 Å². The first-order valence-corrected chi connectivity index (χ1v) is 10.1. The molecule has 3 rings (SSSR count). The summed E-state index contributed by atoms with van der Waals surface area (Å²) in [6.07, 6.45) is 1.47. The molecule has 0 aromatic heterocycles. The fraction of sp³-hybridized carbons (Fsp3) is 0.0870. The minimum absolute atomic E-state index is 0.274. The van der Waals surface area contributed by atoms with E-state index in [4.69, 9.17) is 23.2 Å². The SMILES string of the molecule is CN(C)c1ccc(/C=N\NC(=O)c2ccccc2NC(=O)c2ccc(Cl)cc2)c(Cl)c1. The monoisotopic (exact) mass is 454 g/mol. The van der Waals surface area contributed by atoms with Gasteiger partial charge in [-0.3, -0.25) is 9.59 Å². The van der Waals surface area contributed by atoms with E-state index in [9.17, 15) is 9.59 Å². The average molecular weight is 455 g/mol. The highest BCUT2D eigenvalue weighted by Crippen LogP contribution is 2.21. The Hall–Kier alpha value is -3.35. The Morgan fingerprint density at radius 1 is 0.935 bits per heavy atom. The first-order valence-electron chi connectivity index (χ1n) is 9.31. The maximum Gasteiger partial charge on any atom is 0.273 e. The van der Waals surface area contributed by atoms with Crippen LogP contribution in [0.5, 0.6) is 0 Å². The van der Waals surface area contributed by atoms with E-state index in [0.717, 1.165) is 5.69 Å². The molecule has 2 amide bonds. The summed E-state index contributed by atoms with van der Waals surface area (Å²) in [6, 6.07) is 18.7.